The van der Waals surface area contributed by atoms with E-state index in [2.05, 4.69) is 19.2 Å². The fourth-order valence-electron chi connectivity index (χ4n) is 1.38. The number of ether oxygens (including phenoxy) is 2. The van der Waals surface area contributed by atoms with Gasteiger partial charge in [-0.05, 0) is 20.3 Å². The molecule has 0 spiro atoms. The summed E-state index contributed by atoms with van der Waals surface area (Å²) in [6.07, 6.45) is 2.66. The van der Waals surface area contributed by atoms with Crippen molar-refractivity contribution in [2.24, 2.45) is 0 Å². The van der Waals surface area contributed by atoms with Crippen molar-refractivity contribution in [1.29, 1.82) is 0 Å². The summed E-state index contributed by atoms with van der Waals surface area (Å²) in [6.45, 7) is 8.80. The molecule has 0 aliphatic rings. The van der Waals surface area contributed by atoms with E-state index in [1.54, 1.807) is 7.11 Å². The van der Waals surface area contributed by atoms with Crippen LogP contribution in [0.3, 0.4) is 0 Å². The molecule has 0 aromatic carbocycles. The minimum Gasteiger partial charge on any atom is -0.382 e. The maximum atomic E-state index is 5.52. The number of methoxy groups -OCH3 is 1. The molecule has 2 atom stereocenters. The molecule has 0 aromatic heterocycles. The molecule has 2 unspecified atom stereocenters. The second-order valence-corrected chi connectivity index (χ2v) is 3.78. The Hall–Kier alpha value is -0.120. The average molecular weight is 203 g/mol. The molecular weight excluding hydrogens is 178 g/mol. The van der Waals surface area contributed by atoms with Crippen LogP contribution in [-0.2, 0) is 9.47 Å². The summed E-state index contributed by atoms with van der Waals surface area (Å²) in [5.41, 5.74) is 0. The van der Waals surface area contributed by atoms with Crippen LogP contribution in [0.2, 0.25) is 0 Å². The smallest absolute Gasteiger partial charge is 0.0780 e. The summed E-state index contributed by atoms with van der Waals surface area (Å²) in [6, 6.07) is 0.598. The summed E-state index contributed by atoms with van der Waals surface area (Å²) in [7, 11) is 1.70. The van der Waals surface area contributed by atoms with Crippen LogP contribution in [0.25, 0.3) is 0 Å². The zero-order chi connectivity index (χ0) is 10.8. The molecular formula is C11H25NO2. The van der Waals surface area contributed by atoms with Crippen LogP contribution in [-0.4, -0.2) is 39.0 Å². The largest absolute Gasteiger partial charge is 0.382 e. The molecule has 86 valence electrons. The van der Waals surface area contributed by atoms with E-state index in [4.69, 9.17) is 9.47 Å². The lowest BCUT2D eigenvalue weighted by atomic mass is 10.2. The molecule has 0 saturated carbocycles. The minimum absolute atomic E-state index is 0.197. The monoisotopic (exact) mass is 203 g/mol. The van der Waals surface area contributed by atoms with Gasteiger partial charge < -0.3 is 14.8 Å². The first kappa shape index (κ1) is 13.9. The lowest BCUT2D eigenvalue weighted by Crippen LogP contribution is -2.30. The van der Waals surface area contributed by atoms with E-state index in [-0.39, 0.29) is 6.10 Å². The third-order valence-corrected chi connectivity index (χ3v) is 2.12. The molecule has 0 amide bonds. The normalized spacial score (nSPS) is 15.4. The van der Waals surface area contributed by atoms with Gasteiger partial charge in [0.25, 0.3) is 0 Å². The van der Waals surface area contributed by atoms with Crippen molar-refractivity contribution < 1.29 is 9.47 Å². The van der Waals surface area contributed by atoms with E-state index in [1.807, 2.05) is 6.92 Å². The third kappa shape index (κ3) is 8.48. The average Bonchev–Trinajstić information content (AvgIpc) is 2.13. The van der Waals surface area contributed by atoms with Crippen molar-refractivity contribution >= 4 is 0 Å². The van der Waals surface area contributed by atoms with Gasteiger partial charge in [-0.3, -0.25) is 0 Å². The van der Waals surface area contributed by atoms with E-state index < -0.39 is 0 Å². The summed E-state index contributed by atoms with van der Waals surface area (Å²) in [5, 5.41) is 3.42. The van der Waals surface area contributed by atoms with E-state index in [9.17, 15) is 0 Å². The molecule has 3 heteroatoms. The molecule has 0 heterocycles. The SMILES string of the molecule is CCCC(C)NCCOC(C)COC. The molecule has 14 heavy (non-hydrogen) atoms. The topological polar surface area (TPSA) is 30.5 Å². The van der Waals surface area contributed by atoms with Crippen molar-refractivity contribution in [1.82, 2.24) is 5.32 Å². The third-order valence-electron chi connectivity index (χ3n) is 2.12. The number of hydrogen-bond donors (Lipinski definition) is 1. The first-order valence-electron chi connectivity index (χ1n) is 5.54. The van der Waals surface area contributed by atoms with Gasteiger partial charge in [0.05, 0.1) is 19.3 Å². The van der Waals surface area contributed by atoms with Gasteiger partial charge in [0.2, 0.25) is 0 Å². The maximum absolute atomic E-state index is 5.52. The van der Waals surface area contributed by atoms with Gasteiger partial charge in [-0.25, -0.2) is 0 Å². The van der Waals surface area contributed by atoms with Crippen molar-refractivity contribution in [3.63, 3.8) is 0 Å². The van der Waals surface area contributed by atoms with Crippen LogP contribution < -0.4 is 5.32 Å². The first-order valence-corrected chi connectivity index (χ1v) is 5.54. The van der Waals surface area contributed by atoms with Crippen LogP contribution >= 0.6 is 0 Å². The lowest BCUT2D eigenvalue weighted by molar-refractivity contribution is 0.0101. The van der Waals surface area contributed by atoms with Crippen molar-refractivity contribution in [2.75, 3.05) is 26.9 Å². The van der Waals surface area contributed by atoms with Crippen molar-refractivity contribution in [3.05, 3.63) is 0 Å². The Morgan fingerprint density at radius 1 is 1.29 bits per heavy atom. The highest BCUT2D eigenvalue weighted by Crippen LogP contribution is 1.94. The lowest BCUT2D eigenvalue weighted by Gasteiger charge is -2.15. The highest BCUT2D eigenvalue weighted by molar-refractivity contribution is 4.59. The van der Waals surface area contributed by atoms with Crippen LogP contribution in [0.4, 0.5) is 0 Å². The molecule has 0 aliphatic heterocycles. The highest BCUT2D eigenvalue weighted by Gasteiger charge is 2.01. The Morgan fingerprint density at radius 2 is 2.00 bits per heavy atom. The second-order valence-electron chi connectivity index (χ2n) is 3.78. The summed E-state index contributed by atoms with van der Waals surface area (Å²) >= 11 is 0. The molecule has 0 radical (unpaired) electrons. The van der Waals surface area contributed by atoms with Crippen molar-refractivity contribution in [2.45, 2.75) is 45.8 Å². The van der Waals surface area contributed by atoms with E-state index in [1.165, 1.54) is 12.8 Å². The number of rotatable bonds is 9. The Kier molecular flexibility index (Phi) is 9.35. The van der Waals surface area contributed by atoms with Crippen LogP contribution in [0.1, 0.15) is 33.6 Å². The fourth-order valence-corrected chi connectivity index (χ4v) is 1.38. The Balaban J connectivity index is 3.19. The zero-order valence-corrected chi connectivity index (χ0v) is 10.0. The molecule has 0 saturated heterocycles. The first-order chi connectivity index (χ1) is 6.70. The molecule has 0 bridgehead atoms. The summed E-state index contributed by atoms with van der Waals surface area (Å²) in [4.78, 5) is 0. The van der Waals surface area contributed by atoms with E-state index in [0.29, 0.717) is 12.6 Å². The van der Waals surface area contributed by atoms with Crippen LogP contribution in [0.15, 0.2) is 0 Å². The van der Waals surface area contributed by atoms with Gasteiger partial charge in [-0.15, -0.1) is 0 Å². The minimum atomic E-state index is 0.197. The standard InChI is InChI=1S/C11H25NO2/c1-5-6-10(2)12-7-8-14-11(3)9-13-4/h10-12H,5-9H2,1-4H3. The molecule has 0 fully saturated rings. The van der Waals surface area contributed by atoms with Gasteiger partial charge in [-0.1, -0.05) is 13.3 Å². The quantitative estimate of drug-likeness (QED) is 0.580. The molecule has 0 rings (SSSR count). The van der Waals surface area contributed by atoms with Crippen molar-refractivity contribution in [3.8, 4) is 0 Å². The fraction of sp³-hybridized carbons (Fsp3) is 1.00. The van der Waals surface area contributed by atoms with Gasteiger partial charge in [-0.2, -0.15) is 0 Å². The number of hydrogen-bond acceptors (Lipinski definition) is 3. The van der Waals surface area contributed by atoms with E-state index in [0.717, 1.165) is 13.2 Å². The predicted octanol–water partition coefficient (Wildman–Crippen LogP) is 1.82. The molecule has 0 aliphatic carbocycles. The van der Waals surface area contributed by atoms with Gasteiger partial charge >= 0.3 is 0 Å². The number of nitrogens with one attached hydrogen (secondary N) is 1. The Labute approximate surface area is 88.2 Å². The molecule has 0 aromatic rings. The second kappa shape index (κ2) is 9.44. The van der Waals surface area contributed by atoms with Gasteiger partial charge in [0.1, 0.15) is 0 Å². The van der Waals surface area contributed by atoms with E-state index >= 15 is 0 Å². The van der Waals surface area contributed by atoms with Gasteiger partial charge in [0, 0.05) is 19.7 Å². The summed E-state index contributed by atoms with van der Waals surface area (Å²) in [5.74, 6) is 0. The maximum Gasteiger partial charge on any atom is 0.0780 e. The zero-order valence-electron chi connectivity index (χ0n) is 10.0. The molecule has 3 nitrogen and oxygen atoms in total. The van der Waals surface area contributed by atoms with Gasteiger partial charge in [0.15, 0.2) is 0 Å². The summed E-state index contributed by atoms with van der Waals surface area (Å²) < 4.78 is 10.5. The predicted molar refractivity (Wildman–Crippen MR) is 59.7 cm³/mol. The van der Waals surface area contributed by atoms with Crippen LogP contribution in [0.5, 0.6) is 0 Å². The Bertz CT molecular complexity index is 106. The van der Waals surface area contributed by atoms with Crippen LogP contribution in [0, 0.1) is 0 Å². The highest BCUT2D eigenvalue weighted by atomic mass is 16.5. The molecule has 1 N–H and O–H groups in total. The Morgan fingerprint density at radius 3 is 2.57 bits per heavy atom.